The van der Waals surface area contributed by atoms with Gasteiger partial charge in [-0.05, 0) is 18.2 Å². The third kappa shape index (κ3) is 1.44. The average molecular weight is 271 g/mol. The molecule has 0 aliphatic rings. The zero-order chi connectivity index (χ0) is 10.3. The van der Waals surface area contributed by atoms with Crippen LogP contribution < -0.4 is 0 Å². The van der Waals surface area contributed by atoms with Gasteiger partial charge in [0, 0.05) is 21.5 Å². The lowest BCUT2D eigenvalue weighted by atomic mass is 10.2. The zero-order valence-corrected chi connectivity index (χ0v) is 9.78. The van der Waals surface area contributed by atoms with Gasteiger partial charge in [0.25, 0.3) is 0 Å². The molecule has 0 atom stereocenters. The van der Waals surface area contributed by atoms with Gasteiger partial charge in [0.15, 0.2) is 5.78 Å². The fourth-order valence-electron chi connectivity index (χ4n) is 1.30. The number of fused-ring (bicyclic) bond motifs is 1. The number of aromatic hydroxyl groups is 1. The van der Waals surface area contributed by atoms with E-state index in [1.54, 1.807) is 6.07 Å². The number of halogens is 1. The highest BCUT2D eigenvalue weighted by Gasteiger charge is 2.14. The maximum atomic E-state index is 11.2. The van der Waals surface area contributed by atoms with E-state index in [-0.39, 0.29) is 11.5 Å². The Morgan fingerprint density at radius 1 is 1.50 bits per heavy atom. The maximum Gasteiger partial charge on any atom is 0.173 e. The first kappa shape index (κ1) is 9.68. The Morgan fingerprint density at radius 3 is 2.86 bits per heavy atom. The molecule has 0 fully saturated rings. The van der Waals surface area contributed by atoms with E-state index in [4.69, 9.17) is 0 Å². The highest BCUT2D eigenvalue weighted by atomic mass is 79.9. The predicted molar refractivity (Wildman–Crippen MR) is 61.2 cm³/mol. The molecule has 2 rings (SSSR count). The van der Waals surface area contributed by atoms with Crippen molar-refractivity contribution in [2.24, 2.45) is 0 Å². The highest BCUT2D eigenvalue weighted by molar-refractivity contribution is 9.10. The summed E-state index contributed by atoms with van der Waals surface area (Å²) in [4.78, 5) is 11.6. The van der Waals surface area contributed by atoms with Crippen molar-refractivity contribution in [2.75, 3.05) is 0 Å². The second kappa shape index (κ2) is 3.37. The Labute approximate surface area is 93.3 Å². The van der Waals surface area contributed by atoms with Gasteiger partial charge in [0.05, 0.1) is 0 Å². The van der Waals surface area contributed by atoms with E-state index in [1.165, 1.54) is 18.3 Å². The fraction of sp³-hybridized carbons (Fsp3) is 0.100. The summed E-state index contributed by atoms with van der Waals surface area (Å²) >= 11 is 4.66. The normalized spacial score (nSPS) is 10.7. The number of benzene rings is 1. The summed E-state index contributed by atoms with van der Waals surface area (Å²) in [5, 5.41) is 10.5. The quantitative estimate of drug-likeness (QED) is 0.805. The topological polar surface area (TPSA) is 37.3 Å². The van der Waals surface area contributed by atoms with Crippen molar-refractivity contribution >= 4 is 43.1 Å². The van der Waals surface area contributed by atoms with Gasteiger partial charge in [-0.2, -0.15) is 0 Å². The highest BCUT2D eigenvalue weighted by Crippen LogP contribution is 2.38. The molecule has 0 aliphatic heterocycles. The molecular weight excluding hydrogens is 264 g/mol. The third-order valence-electron chi connectivity index (χ3n) is 1.95. The second-order valence-corrected chi connectivity index (χ2v) is 4.94. The standard InChI is InChI=1S/C10H7BrO2S/c1-5(12)10-9(13)7-3-2-6(11)4-8(7)14-10/h2-4,13H,1H3. The zero-order valence-electron chi connectivity index (χ0n) is 7.37. The van der Waals surface area contributed by atoms with Crippen molar-refractivity contribution in [1.29, 1.82) is 0 Å². The first-order valence-electron chi connectivity index (χ1n) is 4.01. The number of hydrogen-bond acceptors (Lipinski definition) is 3. The van der Waals surface area contributed by atoms with Crippen LogP contribution in [0.2, 0.25) is 0 Å². The number of Topliss-reactive ketones (excluding diaryl/α,β-unsaturated/α-hetero) is 1. The van der Waals surface area contributed by atoms with E-state index in [0.29, 0.717) is 4.88 Å². The van der Waals surface area contributed by atoms with Crippen molar-refractivity contribution in [3.63, 3.8) is 0 Å². The lowest BCUT2D eigenvalue weighted by Gasteiger charge is -1.91. The van der Waals surface area contributed by atoms with Crippen molar-refractivity contribution in [3.05, 3.63) is 27.5 Å². The molecule has 0 saturated carbocycles. The third-order valence-corrected chi connectivity index (χ3v) is 3.68. The van der Waals surface area contributed by atoms with Gasteiger partial charge in [-0.3, -0.25) is 4.79 Å². The van der Waals surface area contributed by atoms with Crippen molar-refractivity contribution in [2.45, 2.75) is 6.92 Å². The van der Waals surface area contributed by atoms with Crippen LogP contribution in [-0.2, 0) is 0 Å². The van der Waals surface area contributed by atoms with E-state index in [1.807, 2.05) is 12.1 Å². The van der Waals surface area contributed by atoms with Crippen LogP contribution >= 0.6 is 27.3 Å². The first-order chi connectivity index (χ1) is 6.59. The average Bonchev–Trinajstić information content (AvgIpc) is 2.43. The van der Waals surface area contributed by atoms with E-state index in [2.05, 4.69) is 15.9 Å². The van der Waals surface area contributed by atoms with Gasteiger partial charge in [-0.25, -0.2) is 0 Å². The molecule has 1 N–H and O–H groups in total. The molecule has 0 saturated heterocycles. The van der Waals surface area contributed by atoms with Crippen LogP contribution in [-0.4, -0.2) is 10.9 Å². The number of rotatable bonds is 1. The summed E-state index contributed by atoms with van der Waals surface area (Å²) in [6.45, 7) is 1.46. The van der Waals surface area contributed by atoms with Crippen LogP contribution in [0.3, 0.4) is 0 Å². The van der Waals surface area contributed by atoms with Crippen LogP contribution in [0, 0.1) is 0 Å². The molecule has 0 bridgehead atoms. The Hall–Kier alpha value is -0.870. The summed E-state index contributed by atoms with van der Waals surface area (Å²) in [6.07, 6.45) is 0. The van der Waals surface area contributed by atoms with Crippen molar-refractivity contribution in [1.82, 2.24) is 0 Å². The minimum Gasteiger partial charge on any atom is -0.506 e. The Kier molecular flexibility index (Phi) is 2.33. The predicted octanol–water partition coefficient (Wildman–Crippen LogP) is 3.57. The van der Waals surface area contributed by atoms with Crippen LogP contribution in [0.1, 0.15) is 16.6 Å². The summed E-state index contributed by atoms with van der Waals surface area (Å²) in [5.41, 5.74) is 0. The molecular formula is C10H7BrO2S. The molecule has 0 spiro atoms. The molecule has 1 aromatic carbocycles. The van der Waals surface area contributed by atoms with E-state index < -0.39 is 0 Å². The number of carbonyl (C=O) groups is 1. The molecule has 0 unspecified atom stereocenters. The van der Waals surface area contributed by atoms with E-state index >= 15 is 0 Å². The number of carbonyl (C=O) groups excluding carboxylic acids is 1. The van der Waals surface area contributed by atoms with Crippen LogP contribution in [0.4, 0.5) is 0 Å². The Balaban J connectivity index is 2.79. The summed E-state index contributed by atoms with van der Waals surface area (Å²) < 4.78 is 1.86. The van der Waals surface area contributed by atoms with E-state index in [9.17, 15) is 9.90 Å². The second-order valence-electron chi connectivity index (χ2n) is 2.98. The molecule has 14 heavy (non-hydrogen) atoms. The maximum absolute atomic E-state index is 11.2. The van der Waals surface area contributed by atoms with Gasteiger partial charge in [-0.15, -0.1) is 11.3 Å². The molecule has 72 valence electrons. The van der Waals surface area contributed by atoms with Crippen LogP contribution in [0.5, 0.6) is 5.75 Å². The van der Waals surface area contributed by atoms with Crippen molar-refractivity contribution < 1.29 is 9.90 Å². The smallest absolute Gasteiger partial charge is 0.173 e. The summed E-state index contributed by atoms with van der Waals surface area (Å²) in [7, 11) is 0. The number of ketones is 1. The Bertz CT molecular complexity index is 516. The lowest BCUT2D eigenvalue weighted by Crippen LogP contribution is -1.85. The fourth-order valence-corrected chi connectivity index (χ4v) is 2.84. The minimum atomic E-state index is -0.0974. The van der Waals surface area contributed by atoms with Crippen LogP contribution in [0.15, 0.2) is 22.7 Å². The monoisotopic (exact) mass is 270 g/mol. The molecule has 0 aliphatic carbocycles. The van der Waals surface area contributed by atoms with E-state index in [0.717, 1.165) is 14.6 Å². The van der Waals surface area contributed by atoms with Gasteiger partial charge in [-0.1, -0.05) is 15.9 Å². The van der Waals surface area contributed by atoms with Crippen molar-refractivity contribution in [3.8, 4) is 5.75 Å². The molecule has 2 nitrogen and oxygen atoms in total. The Morgan fingerprint density at radius 2 is 2.21 bits per heavy atom. The van der Waals surface area contributed by atoms with Gasteiger partial charge in [0.1, 0.15) is 10.6 Å². The summed E-state index contributed by atoms with van der Waals surface area (Å²) in [6, 6.07) is 5.54. The van der Waals surface area contributed by atoms with Gasteiger partial charge >= 0.3 is 0 Å². The molecule has 0 amide bonds. The molecule has 0 radical (unpaired) electrons. The largest absolute Gasteiger partial charge is 0.506 e. The van der Waals surface area contributed by atoms with Gasteiger partial charge < -0.3 is 5.11 Å². The number of thiophene rings is 1. The molecule has 4 heteroatoms. The first-order valence-corrected chi connectivity index (χ1v) is 5.62. The lowest BCUT2D eigenvalue weighted by molar-refractivity contribution is 0.101. The molecule has 1 aromatic heterocycles. The minimum absolute atomic E-state index is 0.0974. The van der Waals surface area contributed by atoms with Gasteiger partial charge in [0.2, 0.25) is 0 Å². The van der Waals surface area contributed by atoms with Crippen LogP contribution in [0.25, 0.3) is 10.1 Å². The molecule has 1 heterocycles. The molecule has 2 aromatic rings. The number of hydrogen-bond donors (Lipinski definition) is 1. The summed E-state index contributed by atoms with van der Waals surface area (Å²) in [5.74, 6) is 0.00447. The SMILES string of the molecule is CC(=O)c1sc2cc(Br)ccc2c1O.